The predicted octanol–water partition coefficient (Wildman–Crippen LogP) is 3.74. The Morgan fingerprint density at radius 2 is 1.81 bits per heavy atom. The molecule has 0 spiro atoms. The van der Waals surface area contributed by atoms with Crippen LogP contribution in [0.1, 0.15) is 24.1 Å². The Hall–Kier alpha value is -1.95. The topological polar surface area (TPSA) is 36.5 Å². The number of nitrogens with one attached hydrogen (secondary N) is 2. The van der Waals surface area contributed by atoms with E-state index in [0.29, 0.717) is 5.11 Å². The van der Waals surface area contributed by atoms with Gasteiger partial charge in [-0.25, -0.2) is 0 Å². The van der Waals surface area contributed by atoms with E-state index in [-0.39, 0.29) is 12.1 Å². The van der Waals surface area contributed by atoms with Crippen molar-refractivity contribution in [1.29, 1.82) is 0 Å². The maximum atomic E-state index is 5.56. The van der Waals surface area contributed by atoms with Gasteiger partial charge in [0, 0.05) is 24.8 Å². The summed E-state index contributed by atoms with van der Waals surface area (Å²) in [4.78, 5) is 2.48. The van der Waals surface area contributed by atoms with E-state index in [4.69, 9.17) is 17.0 Å². The fraction of sp³-hybridized carbons (Fsp3) is 0.381. The molecule has 0 bridgehead atoms. The molecule has 26 heavy (non-hydrogen) atoms. The molecule has 3 rings (SSSR count). The maximum absolute atomic E-state index is 5.56. The predicted molar refractivity (Wildman–Crippen MR) is 112 cm³/mol. The van der Waals surface area contributed by atoms with Crippen LogP contribution in [0.3, 0.4) is 0 Å². The average molecular weight is 370 g/mol. The van der Waals surface area contributed by atoms with Crippen molar-refractivity contribution in [2.45, 2.75) is 25.9 Å². The number of rotatable bonds is 5. The Morgan fingerprint density at radius 3 is 2.50 bits per heavy atom. The number of ether oxygens (including phenoxy) is 1. The molecule has 0 aromatic heterocycles. The molecule has 5 heteroatoms. The van der Waals surface area contributed by atoms with Crippen LogP contribution >= 0.6 is 12.2 Å². The third kappa shape index (κ3) is 5.04. The van der Waals surface area contributed by atoms with Gasteiger partial charge < -0.3 is 15.4 Å². The molecular weight excluding hydrogens is 342 g/mol. The van der Waals surface area contributed by atoms with Crippen molar-refractivity contribution in [3.8, 4) is 0 Å². The highest BCUT2D eigenvalue weighted by atomic mass is 32.1. The summed E-state index contributed by atoms with van der Waals surface area (Å²) in [5.74, 6) is 0. The molecule has 1 fully saturated rings. The second kappa shape index (κ2) is 9.12. The summed E-state index contributed by atoms with van der Waals surface area (Å²) in [5.41, 5.74) is 3.52. The molecule has 1 aliphatic rings. The Morgan fingerprint density at radius 1 is 1.08 bits per heavy atom. The van der Waals surface area contributed by atoms with Crippen molar-refractivity contribution in [3.05, 3.63) is 65.7 Å². The lowest BCUT2D eigenvalue weighted by Crippen LogP contribution is -2.49. The van der Waals surface area contributed by atoms with Crippen LogP contribution in [-0.4, -0.2) is 42.4 Å². The van der Waals surface area contributed by atoms with Crippen molar-refractivity contribution in [1.82, 2.24) is 10.2 Å². The zero-order chi connectivity index (χ0) is 18.4. The number of hydrogen-bond donors (Lipinski definition) is 2. The van der Waals surface area contributed by atoms with Gasteiger partial charge >= 0.3 is 0 Å². The lowest BCUT2D eigenvalue weighted by atomic mass is 9.98. The maximum Gasteiger partial charge on any atom is 0.171 e. The average Bonchev–Trinajstić information content (AvgIpc) is 2.63. The van der Waals surface area contributed by atoms with Gasteiger partial charge in [-0.1, -0.05) is 42.5 Å². The number of nitrogens with zero attached hydrogens (tertiary/aromatic N) is 1. The van der Waals surface area contributed by atoms with Gasteiger partial charge in [0.25, 0.3) is 0 Å². The van der Waals surface area contributed by atoms with E-state index in [2.05, 4.69) is 71.8 Å². The SMILES string of the molecule is Cc1cccc(NC(=S)N[C@H](C)[C@H](c2ccccc2)N2CCOCC2)c1. The van der Waals surface area contributed by atoms with Gasteiger partial charge in [-0.05, 0) is 49.3 Å². The standard InChI is InChI=1S/C21H27N3OS/c1-16-7-6-10-19(15-16)23-21(26)22-17(2)20(18-8-4-3-5-9-18)24-11-13-25-14-12-24/h3-10,15,17,20H,11-14H2,1-2H3,(H2,22,23,26)/t17-,20-/m1/s1. The Kier molecular flexibility index (Phi) is 6.61. The lowest BCUT2D eigenvalue weighted by Gasteiger charge is -2.38. The molecule has 2 aromatic carbocycles. The summed E-state index contributed by atoms with van der Waals surface area (Å²) in [6.45, 7) is 7.70. The van der Waals surface area contributed by atoms with Crippen LogP contribution in [0.25, 0.3) is 0 Å². The minimum Gasteiger partial charge on any atom is -0.379 e. The second-order valence-corrected chi connectivity index (χ2v) is 7.17. The van der Waals surface area contributed by atoms with Crippen LogP contribution in [0, 0.1) is 6.92 Å². The molecule has 4 nitrogen and oxygen atoms in total. The molecule has 2 N–H and O–H groups in total. The highest BCUT2D eigenvalue weighted by Crippen LogP contribution is 2.25. The normalized spacial score (nSPS) is 17.3. The van der Waals surface area contributed by atoms with Crippen LogP contribution in [0.15, 0.2) is 54.6 Å². The van der Waals surface area contributed by atoms with Crippen LogP contribution in [0.4, 0.5) is 5.69 Å². The van der Waals surface area contributed by atoms with Gasteiger partial charge in [0.1, 0.15) is 0 Å². The third-order valence-corrected chi connectivity index (χ3v) is 4.91. The fourth-order valence-corrected chi connectivity index (χ4v) is 3.80. The molecule has 0 aliphatic carbocycles. The van der Waals surface area contributed by atoms with E-state index >= 15 is 0 Å². The van der Waals surface area contributed by atoms with Crippen molar-refractivity contribution in [2.75, 3.05) is 31.6 Å². The third-order valence-electron chi connectivity index (χ3n) is 4.69. The van der Waals surface area contributed by atoms with Crippen LogP contribution in [0.2, 0.25) is 0 Å². The first-order chi connectivity index (χ1) is 12.6. The van der Waals surface area contributed by atoms with Crippen LogP contribution < -0.4 is 10.6 Å². The first-order valence-electron chi connectivity index (χ1n) is 9.14. The first kappa shape index (κ1) is 18.8. The summed E-state index contributed by atoms with van der Waals surface area (Å²) < 4.78 is 5.54. The molecule has 1 saturated heterocycles. The van der Waals surface area contributed by atoms with Gasteiger partial charge in [0.15, 0.2) is 5.11 Å². The highest BCUT2D eigenvalue weighted by molar-refractivity contribution is 7.80. The highest BCUT2D eigenvalue weighted by Gasteiger charge is 2.28. The molecule has 2 aromatic rings. The molecular formula is C21H27N3OS. The molecule has 0 radical (unpaired) electrons. The summed E-state index contributed by atoms with van der Waals surface area (Å²) in [6.07, 6.45) is 0. The van der Waals surface area contributed by atoms with Gasteiger partial charge in [-0.2, -0.15) is 0 Å². The molecule has 0 saturated carbocycles. The van der Waals surface area contributed by atoms with E-state index in [1.54, 1.807) is 0 Å². The molecule has 0 amide bonds. The first-order valence-corrected chi connectivity index (χ1v) is 9.55. The Bertz CT molecular complexity index is 716. The number of aryl methyl sites for hydroxylation is 1. The molecule has 2 atom stereocenters. The minimum atomic E-state index is 0.167. The van der Waals surface area contributed by atoms with Crippen molar-refractivity contribution < 1.29 is 4.74 Å². The van der Waals surface area contributed by atoms with Crippen LogP contribution in [-0.2, 0) is 4.74 Å². The molecule has 0 unspecified atom stereocenters. The molecule has 1 heterocycles. The largest absolute Gasteiger partial charge is 0.379 e. The van der Waals surface area contributed by atoms with Gasteiger partial charge in [0.05, 0.1) is 19.3 Å². The van der Waals surface area contributed by atoms with E-state index < -0.39 is 0 Å². The molecule has 1 aliphatic heterocycles. The smallest absolute Gasteiger partial charge is 0.171 e. The van der Waals surface area contributed by atoms with E-state index in [1.807, 2.05) is 12.1 Å². The van der Waals surface area contributed by atoms with E-state index in [9.17, 15) is 0 Å². The second-order valence-electron chi connectivity index (χ2n) is 6.76. The monoisotopic (exact) mass is 369 g/mol. The lowest BCUT2D eigenvalue weighted by molar-refractivity contribution is 0.0102. The van der Waals surface area contributed by atoms with Crippen molar-refractivity contribution in [2.24, 2.45) is 0 Å². The summed E-state index contributed by atoms with van der Waals surface area (Å²) in [7, 11) is 0. The Balaban J connectivity index is 1.70. The summed E-state index contributed by atoms with van der Waals surface area (Å²) in [6, 6.07) is 19.3. The van der Waals surface area contributed by atoms with E-state index in [1.165, 1.54) is 11.1 Å². The summed E-state index contributed by atoms with van der Waals surface area (Å²) in [5, 5.41) is 7.43. The van der Waals surface area contributed by atoms with Crippen LogP contribution in [0.5, 0.6) is 0 Å². The van der Waals surface area contributed by atoms with E-state index in [0.717, 1.165) is 32.0 Å². The number of hydrogen-bond acceptors (Lipinski definition) is 3. The molecule has 138 valence electrons. The minimum absolute atomic E-state index is 0.167. The van der Waals surface area contributed by atoms with Crippen molar-refractivity contribution in [3.63, 3.8) is 0 Å². The quantitative estimate of drug-likeness (QED) is 0.785. The zero-order valence-electron chi connectivity index (χ0n) is 15.4. The van der Waals surface area contributed by atoms with Gasteiger partial charge in [-0.3, -0.25) is 4.90 Å². The van der Waals surface area contributed by atoms with Gasteiger partial charge in [-0.15, -0.1) is 0 Å². The number of morpholine rings is 1. The number of thiocarbonyl (C=S) groups is 1. The van der Waals surface area contributed by atoms with Gasteiger partial charge in [0.2, 0.25) is 0 Å². The number of anilines is 1. The summed E-state index contributed by atoms with van der Waals surface area (Å²) >= 11 is 5.56. The Labute approximate surface area is 161 Å². The zero-order valence-corrected chi connectivity index (χ0v) is 16.3. The fourth-order valence-electron chi connectivity index (χ4n) is 3.50. The number of benzene rings is 2. The van der Waals surface area contributed by atoms with Crippen molar-refractivity contribution >= 4 is 23.0 Å².